The number of halogens is 3. The summed E-state index contributed by atoms with van der Waals surface area (Å²) in [5.74, 6) is 0.0493. The van der Waals surface area contributed by atoms with Gasteiger partial charge in [-0.2, -0.15) is 9.97 Å². The molecule has 0 aliphatic carbocycles. The van der Waals surface area contributed by atoms with Gasteiger partial charge in [-0.05, 0) is 0 Å². The highest BCUT2D eigenvalue weighted by Gasteiger charge is 2.11. The van der Waals surface area contributed by atoms with E-state index in [1.807, 2.05) is 0 Å². The van der Waals surface area contributed by atoms with Crippen molar-refractivity contribution in [1.82, 2.24) is 19.5 Å². The van der Waals surface area contributed by atoms with Gasteiger partial charge in [0.05, 0.1) is 0 Å². The van der Waals surface area contributed by atoms with Crippen molar-refractivity contribution in [1.29, 1.82) is 0 Å². The van der Waals surface area contributed by atoms with Gasteiger partial charge >= 0.3 is 0 Å². The average Bonchev–Trinajstić information content (AvgIpc) is 2.60. The Balaban J connectivity index is 2.80. The summed E-state index contributed by atoms with van der Waals surface area (Å²) in [4.78, 5) is 11.7. The van der Waals surface area contributed by atoms with Crippen LogP contribution in [0.2, 0.25) is 5.15 Å². The van der Waals surface area contributed by atoms with Crippen LogP contribution in [-0.2, 0) is 0 Å². The summed E-state index contributed by atoms with van der Waals surface area (Å²) < 4.78 is 1.45. The first-order chi connectivity index (χ1) is 7.13. The first kappa shape index (κ1) is 10.5. The number of nitrogens with zero attached hydrogens (tertiary/aromatic N) is 4. The lowest BCUT2D eigenvalue weighted by Crippen LogP contribution is -1.98. The molecule has 0 saturated heterocycles. The quantitative estimate of drug-likeness (QED) is 0.802. The van der Waals surface area contributed by atoms with Crippen LogP contribution >= 0.6 is 34.8 Å². The lowest BCUT2D eigenvalue weighted by Gasteiger charge is -2.00. The molecule has 78 valence electrons. The number of anilines is 1. The van der Waals surface area contributed by atoms with Gasteiger partial charge in [-0.3, -0.25) is 4.57 Å². The molecule has 0 amide bonds. The Morgan fingerprint density at radius 3 is 2.87 bits per heavy atom. The summed E-state index contributed by atoms with van der Waals surface area (Å²) in [6, 6.07) is 0. The fourth-order valence-electron chi connectivity index (χ4n) is 1.09. The van der Waals surface area contributed by atoms with Gasteiger partial charge in [0.25, 0.3) is 0 Å². The van der Waals surface area contributed by atoms with Crippen LogP contribution in [0.25, 0.3) is 16.3 Å². The van der Waals surface area contributed by atoms with Crippen LogP contribution in [0.1, 0.15) is 0 Å². The van der Waals surface area contributed by atoms with Crippen LogP contribution < -0.4 is 5.73 Å². The van der Waals surface area contributed by atoms with Gasteiger partial charge in [-0.25, -0.2) is 4.98 Å². The molecule has 0 unspecified atom stereocenters. The predicted molar refractivity (Wildman–Crippen MR) is 60.7 cm³/mol. The minimum absolute atomic E-state index is 0.0493. The SMILES string of the molecule is Nc1nc(Cl)c2ncn(/C(Cl)=C/Cl)c2n1. The van der Waals surface area contributed by atoms with Crippen LogP contribution in [0, 0.1) is 0 Å². The first-order valence-corrected chi connectivity index (χ1v) is 4.95. The smallest absolute Gasteiger partial charge is 0.223 e. The fourth-order valence-corrected chi connectivity index (χ4v) is 1.54. The Labute approximate surface area is 99.5 Å². The molecule has 5 nitrogen and oxygen atoms in total. The first-order valence-electron chi connectivity index (χ1n) is 3.76. The van der Waals surface area contributed by atoms with E-state index in [0.29, 0.717) is 11.2 Å². The molecule has 2 N–H and O–H groups in total. The number of nitrogen functional groups attached to an aromatic ring is 1. The fraction of sp³-hybridized carbons (Fsp3) is 0. The van der Waals surface area contributed by atoms with E-state index in [2.05, 4.69) is 15.0 Å². The second-order valence-corrected chi connectivity index (χ2v) is 3.55. The molecule has 0 aromatic carbocycles. The number of fused-ring (bicyclic) bond motifs is 1. The van der Waals surface area contributed by atoms with Crippen LogP contribution in [0.15, 0.2) is 11.9 Å². The second kappa shape index (κ2) is 3.84. The molecule has 0 bridgehead atoms. The standard InChI is InChI=1S/C7H4Cl3N5/c8-1-3(9)15-2-12-4-5(10)13-7(11)14-6(4)15/h1-2H,(H2,11,13,14)/b3-1+. The van der Waals surface area contributed by atoms with Crippen LogP contribution in [-0.4, -0.2) is 19.5 Å². The summed E-state index contributed by atoms with van der Waals surface area (Å²) in [7, 11) is 0. The Hall–Kier alpha value is -1.04. The van der Waals surface area contributed by atoms with E-state index in [-0.39, 0.29) is 16.3 Å². The van der Waals surface area contributed by atoms with Crippen LogP contribution in [0.5, 0.6) is 0 Å². The Kier molecular flexibility index (Phi) is 2.68. The highest BCUT2D eigenvalue weighted by atomic mass is 35.5. The van der Waals surface area contributed by atoms with Crippen molar-refractivity contribution < 1.29 is 0 Å². The minimum Gasteiger partial charge on any atom is -0.368 e. The lowest BCUT2D eigenvalue weighted by atomic mass is 10.5. The number of hydrogen-bond acceptors (Lipinski definition) is 4. The Bertz CT molecular complexity index is 547. The molecule has 0 aliphatic rings. The summed E-state index contributed by atoms with van der Waals surface area (Å²) >= 11 is 17.1. The third-order valence-electron chi connectivity index (χ3n) is 1.69. The molecular formula is C7H4Cl3N5. The van der Waals surface area contributed by atoms with Crippen molar-refractivity contribution in [3.63, 3.8) is 0 Å². The molecule has 15 heavy (non-hydrogen) atoms. The van der Waals surface area contributed by atoms with Crippen LogP contribution in [0.3, 0.4) is 0 Å². The summed E-state index contributed by atoms with van der Waals surface area (Å²) in [6.07, 6.45) is 1.44. The van der Waals surface area contributed by atoms with E-state index < -0.39 is 0 Å². The van der Waals surface area contributed by atoms with Gasteiger partial charge in [0, 0.05) is 5.54 Å². The van der Waals surface area contributed by atoms with E-state index in [0.717, 1.165) is 0 Å². The number of aromatic nitrogens is 4. The zero-order chi connectivity index (χ0) is 11.0. The molecule has 0 aliphatic heterocycles. The van der Waals surface area contributed by atoms with Crippen molar-refractivity contribution >= 4 is 57.1 Å². The van der Waals surface area contributed by atoms with E-state index in [9.17, 15) is 0 Å². The number of imidazole rings is 1. The van der Waals surface area contributed by atoms with Crippen molar-refractivity contribution in [2.75, 3.05) is 5.73 Å². The van der Waals surface area contributed by atoms with Crippen LogP contribution in [0.4, 0.5) is 5.95 Å². The van der Waals surface area contributed by atoms with Gasteiger partial charge in [0.15, 0.2) is 10.8 Å². The molecule has 2 rings (SSSR count). The molecule has 0 spiro atoms. The van der Waals surface area contributed by atoms with E-state index in [1.165, 1.54) is 16.4 Å². The highest BCUT2D eigenvalue weighted by molar-refractivity contribution is 6.50. The normalized spacial score (nSPS) is 12.3. The molecular weight excluding hydrogens is 260 g/mol. The maximum Gasteiger partial charge on any atom is 0.223 e. The minimum atomic E-state index is 0.0493. The average molecular weight is 265 g/mol. The monoisotopic (exact) mass is 263 g/mol. The topological polar surface area (TPSA) is 69.6 Å². The van der Waals surface area contributed by atoms with E-state index in [1.54, 1.807) is 0 Å². The summed E-state index contributed by atoms with van der Waals surface area (Å²) in [5.41, 5.74) is 7.47. The molecule has 0 fully saturated rings. The van der Waals surface area contributed by atoms with Gasteiger partial charge in [0.2, 0.25) is 5.95 Å². The maximum absolute atomic E-state index is 5.82. The largest absolute Gasteiger partial charge is 0.368 e. The van der Waals surface area contributed by atoms with Gasteiger partial charge in [0.1, 0.15) is 17.0 Å². The third-order valence-corrected chi connectivity index (χ3v) is 2.56. The number of hydrogen-bond donors (Lipinski definition) is 1. The van der Waals surface area contributed by atoms with Crippen molar-refractivity contribution in [3.05, 3.63) is 17.0 Å². The Morgan fingerprint density at radius 1 is 1.47 bits per heavy atom. The molecule has 0 saturated carbocycles. The third kappa shape index (κ3) is 1.73. The Morgan fingerprint density at radius 2 is 2.20 bits per heavy atom. The zero-order valence-corrected chi connectivity index (χ0v) is 9.42. The maximum atomic E-state index is 5.82. The van der Waals surface area contributed by atoms with Crippen molar-refractivity contribution in [2.24, 2.45) is 0 Å². The molecule has 2 aromatic heterocycles. The second-order valence-electron chi connectivity index (χ2n) is 2.59. The molecule has 2 heterocycles. The molecule has 0 atom stereocenters. The van der Waals surface area contributed by atoms with E-state index in [4.69, 9.17) is 40.5 Å². The highest BCUT2D eigenvalue weighted by Crippen LogP contribution is 2.23. The summed E-state index contributed by atoms with van der Waals surface area (Å²) in [5, 5.41) is 0.420. The molecule has 8 heteroatoms. The number of nitrogens with two attached hydrogens (primary N) is 1. The molecule has 2 aromatic rings. The van der Waals surface area contributed by atoms with Gasteiger partial charge < -0.3 is 5.73 Å². The zero-order valence-electron chi connectivity index (χ0n) is 7.15. The summed E-state index contributed by atoms with van der Waals surface area (Å²) in [6.45, 7) is 0. The van der Waals surface area contributed by atoms with Crippen molar-refractivity contribution in [3.8, 4) is 0 Å². The molecule has 0 radical (unpaired) electrons. The van der Waals surface area contributed by atoms with Gasteiger partial charge in [-0.1, -0.05) is 34.8 Å². The number of rotatable bonds is 1. The lowest BCUT2D eigenvalue weighted by molar-refractivity contribution is 1.12. The van der Waals surface area contributed by atoms with Gasteiger partial charge in [-0.15, -0.1) is 0 Å². The predicted octanol–water partition coefficient (Wildman–Crippen LogP) is 2.30. The van der Waals surface area contributed by atoms with E-state index >= 15 is 0 Å². The van der Waals surface area contributed by atoms with Crippen molar-refractivity contribution in [2.45, 2.75) is 0 Å².